The lowest BCUT2D eigenvalue weighted by Crippen LogP contribution is -2.19. The molecule has 0 saturated carbocycles. The summed E-state index contributed by atoms with van der Waals surface area (Å²) in [5, 5.41) is 20.8. The van der Waals surface area contributed by atoms with Gasteiger partial charge in [-0.2, -0.15) is 0 Å². The van der Waals surface area contributed by atoms with Crippen LogP contribution in [0.25, 0.3) is 10.9 Å². The summed E-state index contributed by atoms with van der Waals surface area (Å²) < 4.78 is 6.08. The molecule has 0 aliphatic heterocycles. The van der Waals surface area contributed by atoms with Crippen molar-refractivity contribution in [1.29, 1.82) is 0 Å². The lowest BCUT2D eigenvalue weighted by molar-refractivity contribution is 0.0994. The monoisotopic (exact) mass is 482 g/mol. The standard InChI is InChI=1S/C30H30N2O4/c1-19(2)36-29-26(24(18-34)15-23-16-32-28-6-4-3-5-25(23)28)13-22(14-27(29)30(31)35)12-9-20-7-10-21(17-33)11-8-20/h3-8,10-11,13-14,16,19,24,32-34H,15,17-18H2,1-2H3,(H2,31,35)/t24-/m0/s1. The number of aromatic nitrogens is 1. The Bertz CT molecular complexity index is 1430. The van der Waals surface area contributed by atoms with Gasteiger partial charge >= 0.3 is 0 Å². The predicted molar refractivity (Wildman–Crippen MR) is 141 cm³/mol. The molecule has 1 atom stereocenters. The number of aliphatic hydroxyl groups is 2. The number of hydrogen-bond acceptors (Lipinski definition) is 4. The highest BCUT2D eigenvalue weighted by Gasteiger charge is 2.24. The van der Waals surface area contributed by atoms with E-state index in [1.807, 2.05) is 74.6 Å². The smallest absolute Gasteiger partial charge is 0.252 e. The highest BCUT2D eigenvalue weighted by molar-refractivity contribution is 5.96. The number of aliphatic hydroxyl groups excluding tert-OH is 2. The minimum absolute atomic E-state index is 0.0324. The van der Waals surface area contributed by atoms with Gasteiger partial charge in [-0.3, -0.25) is 4.79 Å². The molecule has 4 aromatic rings. The highest BCUT2D eigenvalue weighted by atomic mass is 16.5. The number of carbonyl (C=O) groups is 1. The van der Waals surface area contributed by atoms with Crippen LogP contribution in [0.15, 0.2) is 66.9 Å². The van der Waals surface area contributed by atoms with Crippen LogP contribution in [0.5, 0.6) is 5.75 Å². The lowest BCUT2D eigenvalue weighted by Gasteiger charge is -2.23. The van der Waals surface area contributed by atoms with E-state index >= 15 is 0 Å². The van der Waals surface area contributed by atoms with Gasteiger partial charge in [-0.25, -0.2) is 0 Å². The summed E-state index contributed by atoms with van der Waals surface area (Å²) in [7, 11) is 0. The summed E-state index contributed by atoms with van der Waals surface area (Å²) >= 11 is 0. The van der Waals surface area contributed by atoms with E-state index in [0.29, 0.717) is 23.3 Å². The Balaban J connectivity index is 1.79. The second-order valence-corrected chi connectivity index (χ2v) is 9.02. The van der Waals surface area contributed by atoms with E-state index in [-0.39, 0.29) is 30.8 Å². The zero-order chi connectivity index (χ0) is 25.7. The molecule has 0 fully saturated rings. The summed E-state index contributed by atoms with van der Waals surface area (Å²) in [6, 6.07) is 18.8. The van der Waals surface area contributed by atoms with Crippen molar-refractivity contribution in [3.8, 4) is 17.6 Å². The van der Waals surface area contributed by atoms with Crippen molar-refractivity contribution < 1.29 is 19.7 Å². The van der Waals surface area contributed by atoms with Crippen LogP contribution in [0.2, 0.25) is 0 Å². The third-order valence-electron chi connectivity index (χ3n) is 6.03. The quantitative estimate of drug-likeness (QED) is 0.281. The summed E-state index contributed by atoms with van der Waals surface area (Å²) in [5.74, 6) is 5.64. The van der Waals surface area contributed by atoms with E-state index in [1.54, 1.807) is 6.07 Å². The van der Waals surface area contributed by atoms with E-state index in [0.717, 1.165) is 27.6 Å². The third-order valence-corrected chi connectivity index (χ3v) is 6.03. The molecule has 0 bridgehead atoms. The summed E-state index contributed by atoms with van der Waals surface area (Å²) in [4.78, 5) is 15.7. The molecule has 0 aliphatic carbocycles. The number of nitrogens with one attached hydrogen (secondary N) is 1. The fourth-order valence-electron chi connectivity index (χ4n) is 4.25. The van der Waals surface area contributed by atoms with Gasteiger partial charge in [0, 0.05) is 39.7 Å². The first-order valence-corrected chi connectivity index (χ1v) is 11.9. The van der Waals surface area contributed by atoms with Crippen molar-refractivity contribution in [1.82, 2.24) is 4.98 Å². The molecule has 1 amide bonds. The van der Waals surface area contributed by atoms with Crippen LogP contribution in [0.1, 0.15) is 57.9 Å². The number of nitrogens with two attached hydrogens (primary N) is 1. The maximum Gasteiger partial charge on any atom is 0.252 e. The van der Waals surface area contributed by atoms with Gasteiger partial charge < -0.3 is 25.7 Å². The van der Waals surface area contributed by atoms with E-state index < -0.39 is 5.91 Å². The van der Waals surface area contributed by atoms with Crippen molar-refractivity contribution in [3.63, 3.8) is 0 Å². The molecule has 184 valence electrons. The van der Waals surface area contributed by atoms with Gasteiger partial charge in [0.25, 0.3) is 5.91 Å². The van der Waals surface area contributed by atoms with Crippen LogP contribution in [0.3, 0.4) is 0 Å². The number of benzene rings is 3. The van der Waals surface area contributed by atoms with Crippen molar-refractivity contribution in [2.75, 3.05) is 6.61 Å². The molecule has 1 aromatic heterocycles. The lowest BCUT2D eigenvalue weighted by atomic mass is 9.88. The van der Waals surface area contributed by atoms with E-state index in [1.165, 1.54) is 0 Å². The Morgan fingerprint density at radius 2 is 1.75 bits per heavy atom. The van der Waals surface area contributed by atoms with Crippen molar-refractivity contribution >= 4 is 16.8 Å². The van der Waals surface area contributed by atoms with Gasteiger partial charge in [0.2, 0.25) is 0 Å². The van der Waals surface area contributed by atoms with Crippen LogP contribution in [-0.2, 0) is 13.0 Å². The normalized spacial score (nSPS) is 11.8. The fraction of sp³-hybridized carbons (Fsp3) is 0.233. The van der Waals surface area contributed by atoms with E-state index in [2.05, 4.69) is 16.8 Å². The molecule has 0 aliphatic rings. The Labute approximate surface area is 210 Å². The fourth-order valence-corrected chi connectivity index (χ4v) is 4.25. The molecule has 5 N–H and O–H groups in total. The Morgan fingerprint density at radius 3 is 2.42 bits per heavy atom. The average molecular weight is 483 g/mol. The minimum atomic E-state index is -0.619. The molecule has 1 heterocycles. The molecular weight excluding hydrogens is 452 g/mol. The van der Waals surface area contributed by atoms with E-state index in [4.69, 9.17) is 10.5 Å². The summed E-state index contributed by atoms with van der Waals surface area (Å²) in [6.07, 6.45) is 2.29. The van der Waals surface area contributed by atoms with Gasteiger partial charge in [-0.1, -0.05) is 42.2 Å². The maximum atomic E-state index is 12.5. The Hall–Kier alpha value is -4.05. The highest BCUT2D eigenvalue weighted by Crippen LogP contribution is 2.35. The molecule has 36 heavy (non-hydrogen) atoms. The second-order valence-electron chi connectivity index (χ2n) is 9.02. The van der Waals surface area contributed by atoms with Crippen LogP contribution < -0.4 is 10.5 Å². The predicted octanol–water partition coefficient (Wildman–Crippen LogP) is 4.26. The number of ether oxygens (including phenoxy) is 1. The topological polar surface area (TPSA) is 109 Å². The van der Waals surface area contributed by atoms with Gasteiger partial charge in [-0.05, 0) is 61.7 Å². The summed E-state index contributed by atoms with van der Waals surface area (Å²) in [6.45, 7) is 3.58. The number of para-hydroxylation sites is 1. The number of rotatable bonds is 8. The van der Waals surface area contributed by atoms with E-state index in [9.17, 15) is 15.0 Å². The SMILES string of the molecule is CC(C)Oc1c(C(N)=O)cc(C#Cc2ccc(CO)cc2)cc1[C@H](CO)Cc1c[nH]c2ccccc12. The number of hydrogen-bond donors (Lipinski definition) is 4. The maximum absolute atomic E-state index is 12.5. The van der Waals surface area contributed by atoms with Gasteiger partial charge in [0.15, 0.2) is 0 Å². The van der Waals surface area contributed by atoms with Crippen molar-refractivity contribution in [2.24, 2.45) is 5.73 Å². The number of carbonyl (C=O) groups excluding carboxylic acids is 1. The van der Waals surface area contributed by atoms with Gasteiger partial charge in [0.05, 0.1) is 24.9 Å². The number of amides is 1. The summed E-state index contributed by atoms with van der Waals surface area (Å²) in [5.41, 5.74) is 10.9. The molecule has 6 nitrogen and oxygen atoms in total. The minimum Gasteiger partial charge on any atom is -0.490 e. The second kappa shape index (κ2) is 11.1. The Kier molecular flexibility index (Phi) is 7.74. The first kappa shape index (κ1) is 25.1. The number of aromatic amines is 1. The molecule has 3 aromatic carbocycles. The zero-order valence-corrected chi connectivity index (χ0v) is 20.4. The first-order valence-electron chi connectivity index (χ1n) is 11.9. The largest absolute Gasteiger partial charge is 0.490 e. The third kappa shape index (κ3) is 5.60. The van der Waals surface area contributed by atoms with Gasteiger partial charge in [0.1, 0.15) is 5.75 Å². The number of fused-ring (bicyclic) bond motifs is 1. The zero-order valence-electron chi connectivity index (χ0n) is 20.4. The van der Waals surface area contributed by atoms with Crippen LogP contribution in [0, 0.1) is 11.8 Å². The van der Waals surface area contributed by atoms with Crippen LogP contribution in [-0.4, -0.2) is 33.8 Å². The van der Waals surface area contributed by atoms with Crippen LogP contribution in [0.4, 0.5) is 0 Å². The molecule has 0 radical (unpaired) electrons. The number of primary amides is 1. The molecule has 0 saturated heterocycles. The van der Waals surface area contributed by atoms with Crippen LogP contribution >= 0.6 is 0 Å². The molecule has 0 spiro atoms. The number of H-pyrrole nitrogens is 1. The molecule has 6 heteroatoms. The van der Waals surface area contributed by atoms with Gasteiger partial charge in [-0.15, -0.1) is 0 Å². The molecule has 4 rings (SSSR count). The van der Waals surface area contributed by atoms with Crippen molar-refractivity contribution in [3.05, 3.63) is 100 Å². The Morgan fingerprint density at radius 1 is 1.03 bits per heavy atom. The first-order chi connectivity index (χ1) is 17.4. The van der Waals surface area contributed by atoms with Crippen molar-refractivity contribution in [2.45, 2.75) is 38.9 Å². The molecular formula is C30H30N2O4. The average Bonchev–Trinajstić information content (AvgIpc) is 3.29. The molecule has 0 unspecified atom stereocenters.